The number of morpholine rings is 1. The summed E-state index contributed by atoms with van der Waals surface area (Å²) in [6.07, 6.45) is 7.29. The van der Waals surface area contributed by atoms with Gasteiger partial charge in [0, 0.05) is 48.7 Å². The Bertz CT molecular complexity index is 1100. The number of nitrogens with zero attached hydrogens (tertiary/aromatic N) is 4. The van der Waals surface area contributed by atoms with E-state index in [-0.39, 0.29) is 29.8 Å². The third-order valence-electron chi connectivity index (χ3n) is 5.89. The van der Waals surface area contributed by atoms with Crippen LogP contribution in [-0.2, 0) is 17.6 Å². The Kier molecular flexibility index (Phi) is 7.26. The number of nitrogen functional groups attached to an aromatic ring is 1. The quantitative estimate of drug-likeness (QED) is 0.507. The Labute approximate surface area is 194 Å². The van der Waals surface area contributed by atoms with E-state index >= 15 is 0 Å². The summed E-state index contributed by atoms with van der Waals surface area (Å²) in [4.78, 5) is 28.5. The standard InChI is InChI=1S/C25H30N6O2/c1-2-3-17-4-6-18(7-5-17)21-15-29-25(27)24(30-21)23(32)12-19-14-28-9-8-22(19)31-10-11-33-16-20(31)13-26/h4-9,14-15,20H,2-3,10-13,16,26H2,1H3,(H2,27,29). The number of pyridine rings is 1. The van der Waals surface area contributed by atoms with Crippen LogP contribution < -0.4 is 16.4 Å². The largest absolute Gasteiger partial charge is 0.382 e. The van der Waals surface area contributed by atoms with Crippen LogP contribution in [0.1, 0.15) is 35.0 Å². The molecular formula is C25H30N6O2. The summed E-state index contributed by atoms with van der Waals surface area (Å²) in [7, 11) is 0. The third kappa shape index (κ3) is 5.18. The minimum absolute atomic E-state index is 0.0545. The molecule has 2 aromatic heterocycles. The van der Waals surface area contributed by atoms with Gasteiger partial charge in [-0.15, -0.1) is 0 Å². The van der Waals surface area contributed by atoms with Gasteiger partial charge < -0.3 is 21.1 Å². The van der Waals surface area contributed by atoms with Crippen LogP contribution in [0.3, 0.4) is 0 Å². The highest BCUT2D eigenvalue weighted by atomic mass is 16.5. The number of hydrogen-bond donors (Lipinski definition) is 2. The number of Topliss-reactive ketones (excluding diaryl/α,β-unsaturated/α-hetero) is 1. The van der Waals surface area contributed by atoms with Crippen LogP contribution in [0.5, 0.6) is 0 Å². The molecule has 8 heteroatoms. The molecule has 4 N–H and O–H groups in total. The van der Waals surface area contributed by atoms with Crippen LogP contribution in [-0.4, -0.2) is 53.1 Å². The lowest BCUT2D eigenvalue weighted by Crippen LogP contribution is -2.49. The first-order valence-electron chi connectivity index (χ1n) is 11.3. The number of aryl methyl sites for hydroxylation is 1. The molecule has 1 aromatic carbocycles. The van der Waals surface area contributed by atoms with Crippen molar-refractivity contribution in [1.82, 2.24) is 15.0 Å². The van der Waals surface area contributed by atoms with Gasteiger partial charge in [0.2, 0.25) is 0 Å². The minimum atomic E-state index is -0.198. The third-order valence-corrected chi connectivity index (χ3v) is 5.89. The fraction of sp³-hybridized carbons (Fsp3) is 0.360. The second-order valence-corrected chi connectivity index (χ2v) is 8.20. The highest BCUT2D eigenvalue weighted by Gasteiger charge is 2.25. The summed E-state index contributed by atoms with van der Waals surface area (Å²) in [5.41, 5.74) is 16.7. The van der Waals surface area contributed by atoms with Gasteiger partial charge in [-0.3, -0.25) is 9.78 Å². The van der Waals surface area contributed by atoms with Gasteiger partial charge in [-0.05, 0) is 18.1 Å². The summed E-state index contributed by atoms with van der Waals surface area (Å²) in [6, 6.07) is 10.1. The normalized spacial score (nSPS) is 16.1. The first-order valence-corrected chi connectivity index (χ1v) is 11.3. The van der Waals surface area contributed by atoms with E-state index in [1.807, 2.05) is 18.2 Å². The molecule has 0 spiro atoms. The van der Waals surface area contributed by atoms with Gasteiger partial charge in [0.1, 0.15) is 5.69 Å². The molecule has 1 saturated heterocycles. The second-order valence-electron chi connectivity index (χ2n) is 8.20. The number of carbonyl (C=O) groups is 1. The van der Waals surface area contributed by atoms with E-state index in [1.54, 1.807) is 18.6 Å². The Morgan fingerprint density at radius 1 is 1.21 bits per heavy atom. The highest BCUT2D eigenvalue weighted by molar-refractivity contribution is 6.00. The van der Waals surface area contributed by atoms with Crippen molar-refractivity contribution < 1.29 is 9.53 Å². The van der Waals surface area contributed by atoms with Gasteiger partial charge in [-0.25, -0.2) is 9.97 Å². The van der Waals surface area contributed by atoms with Gasteiger partial charge in [-0.1, -0.05) is 37.6 Å². The number of rotatable bonds is 8. The highest BCUT2D eigenvalue weighted by Crippen LogP contribution is 2.26. The molecule has 0 bridgehead atoms. The smallest absolute Gasteiger partial charge is 0.189 e. The van der Waals surface area contributed by atoms with Gasteiger partial charge >= 0.3 is 0 Å². The molecule has 0 amide bonds. The molecule has 8 nitrogen and oxygen atoms in total. The monoisotopic (exact) mass is 446 g/mol. The van der Waals surface area contributed by atoms with Crippen molar-refractivity contribution in [3.05, 3.63) is 65.7 Å². The van der Waals surface area contributed by atoms with E-state index < -0.39 is 0 Å². The number of hydrogen-bond acceptors (Lipinski definition) is 8. The maximum atomic E-state index is 13.3. The molecular weight excluding hydrogens is 416 g/mol. The van der Waals surface area contributed by atoms with Crippen molar-refractivity contribution in [2.45, 2.75) is 32.2 Å². The van der Waals surface area contributed by atoms with E-state index in [9.17, 15) is 4.79 Å². The summed E-state index contributed by atoms with van der Waals surface area (Å²) in [5.74, 6) is -0.0701. The van der Waals surface area contributed by atoms with Crippen LogP contribution >= 0.6 is 0 Å². The van der Waals surface area contributed by atoms with E-state index in [0.717, 1.165) is 29.7 Å². The minimum Gasteiger partial charge on any atom is -0.382 e. The Balaban J connectivity index is 1.59. The van der Waals surface area contributed by atoms with Crippen molar-refractivity contribution >= 4 is 17.3 Å². The summed E-state index contributed by atoms with van der Waals surface area (Å²) < 4.78 is 5.57. The number of aromatic nitrogens is 3. The van der Waals surface area contributed by atoms with E-state index in [4.69, 9.17) is 16.2 Å². The fourth-order valence-electron chi connectivity index (χ4n) is 4.13. The first kappa shape index (κ1) is 22.8. The predicted octanol–water partition coefficient (Wildman–Crippen LogP) is 2.66. The van der Waals surface area contributed by atoms with Crippen LogP contribution in [0.15, 0.2) is 48.9 Å². The van der Waals surface area contributed by atoms with Crippen molar-refractivity contribution in [2.75, 3.05) is 36.9 Å². The lowest BCUT2D eigenvalue weighted by molar-refractivity contribution is 0.0959. The molecule has 3 aromatic rings. The SMILES string of the molecule is CCCc1ccc(-c2cnc(N)c(C(=O)Cc3cnccc3N3CCOCC3CN)n2)cc1. The number of carbonyl (C=O) groups excluding carboxylic acids is 1. The maximum absolute atomic E-state index is 13.3. The van der Waals surface area contributed by atoms with Gasteiger partial charge in [0.25, 0.3) is 0 Å². The van der Waals surface area contributed by atoms with E-state index in [0.29, 0.717) is 32.0 Å². The number of benzene rings is 1. The Hall–Kier alpha value is -3.36. The van der Waals surface area contributed by atoms with Gasteiger partial charge in [-0.2, -0.15) is 0 Å². The summed E-state index contributed by atoms with van der Waals surface area (Å²) in [6.45, 7) is 4.50. The number of ketones is 1. The number of anilines is 2. The zero-order valence-corrected chi connectivity index (χ0v) is 18.9. The zero-order valence-electron chi connectivity index (χ0n) is 18.9. The van der Waals surface area contributed by atoms with Crippen LogP contribution in [0.2, 0.25) is 0 Å². The molecule has 1 aliphatic rings. The summed E-state index contributed by atoms with van der Waals surface area (Å²) in [5, 5.41) is 0. The molecule has 1 unspecified atom stereocenters. The average molecular weight is 447 g/mol. The van der Waals surface area contributed by atoms with Crippen molar-refractivity contribution in [3.8, 4) is 11.3 Å². The first-order chi connectivity index (χ1) is 16.1. The maximum Gasteiger partial charge on any atom is 0.189 e. The Morgan fingerprint density at radius 2 is 2.03 bits per heavy atom. The van der Waals surface area contributed by atoms with Gasteiger partial charge in [0.15, 0.2) is 11.6 Å². The van der Waals surface area contributed by atoms with Crippen molar-refractivity contribution in [1.29, 1.82) is 0 Å². The van der Waals surface area contributed by atoms with E-state index in [2.05, 4.69) is 38.9 Å². The zero-order chi connectivity index (χ0) is 23.2. The molecule has 0 radical (unpaired) electrons. The lowest BCUT2D eigenvalue weighted by Gasteiger charge is -2.37. The molecule has 1 aliphatic heterocycles. The fourth-order valence-corrected chi connectivity index (χ4v) is 4.13. The molecule has 0 saturated carbocycles. The van der Waals surface area contributed by atoms with Crippen LogP contribution in [0.25, 0.3) is 11.3 Å². The van der Waals surface area contributed by atoms with Gasteiger partial charge in [0.05, 0.1) is 31.1 Å². The topological polar surface area (TPSA) is 120 Å². The molecule has 1 fully saturated rings. The molecule has 33 heavy (non-hydrogen) atoms. The van der Waals surface area contributed by atoms with Crippen LogP contribution in [0.4, 0.5) is 11.5 Å². The molecule has 1 atom stereocenters. The van der Waals surface area contributed by atoms with E-state index in [1.165, 1.54) is 5.56 Å². The van der Waals surface area contributed by atoms with Crippen molar-refractivity contribution in [2.24, 2.45) is 5.73 Å². The lowest BCUT2D eigenvalue weighted by atomic mass is 10.0. The van der Waals surface area contributed by atoms with Crippen LogP contribution in [0, 0.1) is 0 Å². The average Bonchev–Trinajstić information content (AvgIpc) is 2.85. The molecule has 0 aliphatic carbocycles. The summed E-state index contributed by atoms with van der Waals surface area (Å²) >= 11 is 0. The number of ether oxygens (including phenoxy) is 1. The molecule has 172 valence electrons. The predicted molar refractivity (Wildman–Crippen MR) is 129 cm³/mol. The molecule has 4 rings (SSSR count). The second kappa shape index (κ2) is 10.5. The Morgan fingerprint density at radius 3 is 2.79 bits per heavy atom. The number of nitrogens with two attached hydrogens (primary N) is 2. The van der Waals surface area contributed by atoms with Crippen molar-refractivity contribution in [3.63, 3.8) is 0 Å². The molecule has 3 heterocycles.